The van der Waals surface area contributed by atoms with Crippen molar-refractivity contribution in [2.75, 3.05) is 22.4 Å². The minimum Gasteiger partial charge on any atom is -0.298 e. The zero-order valence-corrected chi connectivity index (χ0v) is 15.7. The number of aromatic nitrogens is 1. The molecule has 0 spiro atoms. The van der Waals surface area contributed by atoms with Crippen LogP contribution in [0.25, 0.3) is 10.2 Å². The summed E-state index contributed by atoms with van der Waals surface area (Å²) in [5.74, 6) is -0.247. The van der Waals surface area contributed by atoms with E-state index in [9.17, 15) is 13.2 Å². The van der Waals surface area contributed by atoms with Crippen LogP contribution in [0.5, 0.6) is 0 Å². The maximum atomic E-state index is 12.6. The van der Waals surface area contributed by atoms with Crippen molar-refractivity contribution in [3.05, 3.63) is 53.6 Å². The molecule has 0 saturated heterocycles. The highest BCUT2D eigenvalue weighted by Gasteiger charge is 2.24. The zero-order valence-electron chi connectivity index (χ0n) is 14.1. The number of nitrogens with zero attached hydrogens (tertiary/aromatic N) is 2. The molecule has 0 aliphatic carbocycles. The molecule has 0 atom stereocenters. The van der Waals surface area contributed by atoms with Crippen molar-refractivity contribution in [1.82, 2.24) is 4.98 Å². The third kappa shape index (κ3) is 3.17. The monoisotopic (exact) mass is 387 g/mol. The van der Waals surface area contributed by atoms with E-state index in [1.165, 1.54) is 21.9 Å². The predicted molar refractivity (Wildman–Crippen MR) is 105 cm³/mol. The lowest BCUT2D eigenvalue weighted by Gasteiger charge is -2.29. The average Bonchev–Trinajstić information content (AvgIpc) is 3.02. The predicted octanol–water partition coefficient (Wildman–Crippen LogP) is 3.26. The summed E-state index contributed by atoms with van der Waals surface area (Å²) in [6.07, 6.45) is 2.70. The van der Waals surface area contributed by atoms with Gasteiger partial charge in [-0.2, -0.15) is 0 Å². The molecule has 1 N–H and O–H groups in total. The number of rotatable bonds is 3. The SMILES string of the molecule is CS(=O)(=O)N1CCCc2cc(C(=O)Nc3nc4ccccc4s3)ccc21. The number of amides is 1. The van der Waals surface area contributed by atoms with E-state index >= 15 is 0 Å². The average molecular weight is 387 g/mol. The lowest BCUT2D eigenvalue weighted by molar-refractivity contribution is 0.102. The fourth-order valence-corrected chi connectivity index (χ4v) is 5.00. The van der Waals surface area contributed by atoms with Crippen molar-refractivity contribution in [3.8, 4) is 0 Å². The van der Waals surface area contributed by atoms with Gasteiger partial charge in [-0.05, 0) is 48.7 Å². The molecule has 0 saturated carbocycles. The Kier molecular flexibility index (Phi) is 4.16. The first kappa shape index (κ1) is 17.0. The Labute approximate surface area is 155 Å². The number of aryl methyl sites for hydroxylation is 1. The van der Waals surface area contributed by atoms with Crippen LogP contribution in [0.3, 0.4) is 0 Å². The van der Waals surface area contributed by atoms with Crippen LogP contribution in [0.2, 0.25) is 0 Å². The number of anilines is 2. The number of thiazole rings is 1. The molecule has 1 aliphatic rings. The van der Waals surface area contributed by atoms with Crippen molar-refractivity contribution in [1.29, 1.82) is 0 Å². The molecule has 3 aromatic rings. The van der Waals surface area contributed by atoms with Crippen LogP contribution >= 0.6 is 11.3 Å². The normalized spacial score (nSPS) is 14.3. The number of hydrogen-bond donors (Lipinski definition) is 1. The minimum atomic E-state index is -3.31. The molecule has 2 heterocycles. The molecule has 8 heteroatoms. The van der Waals surface area contributed by atoms with Gasteiger partial charge >= 0.3 is 0 Å². The Bertz CT molecular complexity index is 1070. The van der Waals surface area contributed by atoms with E-state index in [0.717, 1.165) is 28.6 Å². The van der Waals surface area contributed by atoms with Gasteiger partial charge in [0, 0.05) is 12.1 Å². The number of nitrogens with one attached hydrogen (secondary N) is 1. The van der Waals surface area contributed by atoms with Gasteiger partial charge in [-0.15, -0.1) is 0 Å². The zero-order chi connectivity index (χ0) is 18.3. The summed E-state index contributed by atoms with van der Waals surface area (Å²) < 4.78 is 26.3. The van der Waals surface area contributed by atoms with Crippen molar-refractivity contribution < 1.29 is 13.2 Å². The quantitative estimate of drug-likeness (QED) is 0.748. The topological polar surface area (TPSA) is 79.4 Å². The molecule has 0 radical (unpaired) electrons. The van der Waals surface area contributed by atoms with Gasteiger partial charge in [0.1, 0.15) is 0 Å². The number of benzene rings is 2. The molecule has 134 valence electrons. The van der Waals surface area contributed by atoms with Gasteiger partial charge in [-0.3, -0.25) is 14.4 Å². The number of carbonyl (C=O) groups excluding carboxylic acids is 1. The molecule has 0 unspecified atom stereocenters. The standard InChI is InChI=1S/C18H17N3O3S2/c1-26(23,24)21-10-4-5-12-11-13(8-9-15(12)21)17(22)20-18-19-14-6-2-3-7-16(14)25-18/h2-3,6-9,11H,4-5,10H2,1H3,(H,19,20,22). The van der Waals surface area contributed by atoms with E-state index in [4.69, 9.17) is 0 Å². The molecule has 0 bridgehead atoms. The largest absolute Gasteiger partial charge is 0.298 e. The molecule has 1 aromatic heterocycles. The van der Waals surface area contributed by atoms with E-state index in [2.05, 4.69) is 10.3 Å². The van der Waals surface area contributed by atoms with Gasteiger partial charge in [0.05, 0.1) is 22.2 Å². The number of para-hydroxylation sites is 1. The molecule has 1 amide bonds. The maximum absolute atomic E-state index is 12.6. The third-order valence-corrected chi connectivity index (χ3v) is 6.46. The van der Waals surface area contributed by atoms with Crippen LogP contribution in [0.4, 0.5) is 10.8 Å². The molecular weight excluding hydrogens is 370 g/mol. The molecule has 1 aliphatic heterocycles. The maximum Gasteiger partial charge on any atom is 0.257 e. The summed E-state index contributed by atoms with van der Waals surface area (Å²) in [6.45, 7) is 0.475. The smallest absolute Gasteiger partial charge is 0.257 e. The fourth-order valence-electron chi connectivity index (χ4n) is 3.14. The lowest BCUT2D eigenvalue weighted by Crippen LogP contribution is -2.34. The number of hydrogen-bond acceptors (Lipinski definition) is 5. The molecule has 26 heavy (non-hydrogen) atoms. The highest BCUT2D eigenvalue weighted by Crippen LogP contribution is 2.30. The summed E-state index contributed by atoms with van der Waals surface area (Å²) in [5.41, 5.74) is 2.88. The van der Waals surface area contributed by atoms with Crippen molar-refractivity contribution in [3.63, 3.8) is 0 Å². The fraction of sp³-hybridized carbons (Fsp3) is 0.222. The molecular formula is C18H17N3O3S2. The third-order valence-electron chi connectivity index (χ3n) is 4.33. The van der Waals surface area contributed by atoms with E-state index in [0.29, 0.717) is 22.9 Å². The second-order valence-electron chi connectivity index (χ2n) is 6.22. The summed E-state index contributed by atoms with van der Waals surface area (Å²) in [6, 6.07) is 12.8. The minimum absolute atomic E-state index is 0.247. The van der Waals surface area contributed by atoms with Gasteiger partial charge in [-0.25, -0.2) is 13.4 Å². The first-order chi connectivity index (χ1) is 12.4. The Morgan fingerprint density at radius 2 is 2.04 bits per heavy atom. The second kappa shape index (κ2) is 6.37. The molecule has 4 rings (SSSR count). The van der Waals surface area contributed by atoms with Crippen LogP contribution in [-0.2, 0) is 16.4 Å². The highest BCUT2D eigenvalue weighted by molar-refractivity contribution is 7.92. The first-order valence-electron chi connectivity index (χ1n) is 8.19. The molecule has 6 nitrogen and oxygen atoms in total. The van der Waals surface area contributed by atoms with Crippen LogP contribution in [0, 0.1) is 0 Å². The Morgan fingerprint density at radius 3 is 2.81 bits per heavy atom. The summed E-state index contributed by atoms with van der Waals surface area (Å²) in [5, 5.41) is 3.38. The van der Waals surface area contributed by atoms with Gasteiger partial charge in [0.25, 0.3) is 5.91 Å². The van der Waals surface area contributed by atoms with Crippen LogP contribution in [0.1, 0.15) is 22.3 Å². The van der Waals surface area contributed by atoms with Gasteiger partial charge in [-0.1, -0.05) is 23.5 Å². The van der Waals surface area contributed by atoms with E-state index in [1.54, 1.807) is 18.2 Å². The summed E-state index contributed by atoms with van der Waals surface area (Å²) >= 11 is 1.42. The second-order valence-corrected chi connectivity index (χ2v) is 9.16. The summed E-state index contributed by atoms with van der Waals surface area (Å²) in [7, 11) is -3.31. The van der Waals surface area contributed by atoms with Crippen molar-refractivity contribution >= 4 is 48.3 Å². The number of sulfonamides is 1. The Morgan fingerprint density at radius 1 is 1.23 bits per heavy atom. The number of carbonyl (C=O) groups is 1. The number of fused-ring (bicyclic) bond motifs is 2. The van der Waals surface area contributed by atoms with Crippen LogP contribution in [-0.4, -0.2) is 32.1 Å². The first-order valence-corrected chi connectivity index (χ1v) is 10.9. The van der Waals surface area contributed by atoms with Crippen molar-refractivity contribution in [2.24, 2.45) is 0 Å². The molecule has 0 fully saturated rings. The highest BCUT2D eigenvalue weighted by atomic mass is 32.2. The van der Waals surface area contributed by atoms with E-state index in [-0.39, 0.29) is 5.91 Å². The van der Waals surface area contributed by atoms with Crippen molar-refractivity contribution in [2.45, 2.75) is 12.8 Å². The Balaban J connectivity index is 1.61. The van der Waals surface area contributed by atoms with Gasteiger partial charge in [0.15, 0.2) is 5.13 Å². The summed E-state index contributed by atoms with van der Waals surface area (Å²) in [4.78, 5) is 17.0. The molecule has 2 aromatic carbocycles. The lowest BCUT2D eigenvalue weighted by atomic mass is 10.0. The van der Waals surface area contributed by atoms with Gasteiger partial charge < -0.3 is 0 Å². The van der Waals surface area contributed by atoms with Crippen LogP contribution < -0.4 is 9.62 Å². The van der Waals surface area contributed by atoms with E-state index in [1.807, 2.05) is 24.3 Å². The van der Waals surface area contributed by atoms with Gasteiger partial charge in [0.2, 0.25) is 10.0 Å². The van der Waals surface area contributed by atoms with E-state index < -0.39 is 10.0 Å². The van der Waals surface area contributed by atoms with Crippen LogP contribution in [0.15, 0.2) is 42.5 Å². The Hall–Kier alpha value is -2.45.